The number of benzene rings is 2. The van der Waals surface area contributed by atoms with Crippen LogP contribution in [-0.4, -0.2) is 26.4 Å². The molecule has 0 spiro atoms. The molecule has 4 N–H and O–H groups in total. The van der Waals surface area contributed by atoms with Gasteiger partial charge in [0, 0.05) is 17.3 Å². The number of hydrogen-bond acceptors (Lipinski definition) is 4. The number of amides is 2. The van der Waals surface area contributed by atoms with E-state index < -0.39 is 17.7 Å². The largest absolute Gasteiger partial charge is 0.366 e. The SMILES string of the molecule is NC(=O)c1cccc(-c2cccn3c(C(Cc4ccccc4)C(=O)NO)cnc23)c1. The summed E-state index contributed by atoms with van der Waals surface area (Å²) >= 11 is 0. The first-order valence-electron chi connectivity index (χ1n) is 9.42. The lowest BCUT2D eigenvalue weighted by molar-refractivity contribution is -0.130. The second-order valence-electron chi connectivity index (χ2n) is 6.96. The Labute approximate surface area is 172 Å². The average Bonchev–Trinajstić information content (AvgIpc) is 3.21. The van der Waals surface area contributed by atoms with E-state index in [1.54, 1.807) is 29.9 Å². The summed E-state index contributed by atoms with van der Waals surface area (Å²) in [6, 6.07) is 20.3. The summed E-state index contributed by atoms with van der Waals surface area (Å²) in [5, 5.41) is 9.30. The van der Waals surface area contributed by atoms with Crippen molar-refractivity contribution < 1.29 is 14.8 Å². The maximum Gasteiger partial charge on any atom is 0.252 e. The van der Waals surface area contributed by atoms with Crippen LogP contribution in [0, 0.1) is 0 Å². The lowest BCUT2D eigenvalue weighted by Crippen LogP contribution is -2.28. The van der Waals surface area contributed by atoms with Gasteiger partial charge in [0.1, 0.15) is 5.65 Å². The van der Waals surface area contributed by atoms with Crippen LogP contribution in [0.2, 0.25) is 0 Å². The van der Waals surface area contributed by atoms with Crippen LogP contribution in [0.1, 0.15) is 27.5 Å². The Morgan fingerprint density at radius 1 is 1.07 bits per heavy atom. The zero-order valence-electron chi connectivity index (χ0n) is 16.0. The summed E-state index contributed by atoms with van der Waals surface area (Å²) in [5.74, 6) is -1.66. The van der Waals surface area contributed by atoms with Gasteiger partial charge in [0.05, 0.1) is 17.8 Å². The molecule has 0 saturated heterocycles. The van der Waals surface area contributed by atoms with Gasteiger partial charge in [-0.05, 0) is 41.8 Å². The van der Waals surface area contributed by atoms with Crippen molar-refractivity contribution in [1.29, 1.82) is 0 Å². The molecule has 2 aromatic carbocycles. The molecule has 1 atom stereocenters. The smallest absolute Gasteiger partial charge is 0.252 e. The highest BCUT2D eigenvalue weighted by Crippen LogP contribution is 2.29. The van der Waals surface area contributed by atoms with Crippen LogP contribution in [0.15, 0.2) is 79.1 Å². The first-order chi connectivity index (χ1) is 14.6. The molecule has 4 aromatic rings. The Balaban J connectivity index is 1.81. The Kier molecular flexibility index (Phi) is 5.28. The predicted molar refractivity (Wildman–Crippen MR) is 112 cm³/mol. The number of rotatable bonds is 6. The molecule has 0 aliphatic heterocycles. The van der Waals surface area contributed by atoms with Gasteiger partial charge in [0.15, 0.2) is 0 Å². The number of nitrogens with two attached hydrogens (primary N) is 1. The lowest BCUT2D eigenvalue weighted by atomic mass is 9.95. The molecule has 30 heavy (non-hydrogen) atoms. The molecule has 0 saturated carbocycles. The summed E-state index contributed by atoms with van der Waals surface area (Å²) in [6.45, 7) is 0. The van der Waals surface area contributed by atoms with E-state index in [0.717, 1.165) is 16.7 Å². The van der Waals surface area contributed by atoms with Crippen molar-refractivity contribution in [2.75, 3.05) is 0 Å². The minimum atomic E-state index is -0.639. The first kappa shape index (κ1) is 19.4. The molecule has 0 radical (unpaired) electrons. The van der Waals surface area contributed by atoms with Crippen LogP contribution < -0.4 is 11.2 Å². The van der Waals surface area contributed by atoms with Crippen molar-refractivity contribution in [1.82, 2.24) is 14.9 Å². The van der Waals surface area contributed by atoms with Gasteiger partial charge in [0.2, 0.25) is 5.91 Å². The van der Waals surface area contributed by atoms with E-state index in [1.165, 1.54) is 0 Å². The third kappa shape index (κ3) is 3.66. The van der Waals surface area contributed by atoms with Gasteiger partial charge in [-0.3, -0.25) is 14.8 Å². The molecular weight excluding hydrogens is 380 g/mol. The number of nitrogens with one attached hydrogen (secondary N) is 1. The van der Waals surface area contributed by atoms with Crippen molar-refractivity contribution >= 4 is 17.5 Å². The van der Waals surface area contributed by atoms with Gasteiger partial charge < -0.3 is 10.1 Å². The van der Waals surface area contributed by atoms with E-state index in [4.69, 9.17) is 5.73 Å². The van der Waals surface area contributed by atoms with Gasteiger partial charge in [0.25, 0.3) is 5.91 Å². The Morgan fingerprint density at radius 3 is 2.60 bits per heavy atom. The maximum absolute atomic E-state index is 12.5. The minimum absolute atomic E-state index is 0.405. The van der Waals surface area contributed by atoms with Gasteiger partial charge in [-0.25, -0.2) is 10.5 Å². The number of imidazole rings is 1. The van der Waals surface area contributed by atoms with E-state index in [2.05, 4.69) is 4.98 Å². The Bertz CT molecular complexity index is 1220. The standard InChI is InChI=1S/C23H20N4O3/c24-21(28)17-9-4-8-16(13-17)18-10-5-11-27-20(14-25-22(18)27)19(23(29)26-30)12-15-6-2-1-3-7-15/h1-11,13-14,19,30H,12H2,(H2,24,28)(H,26,29). The van der Waals surface area contributed by atoms with E-state index in [0.29, 0.717) is 23.3 Å². The van der Waals surface area contributed by atoms with Crippen LogP contribution >= 0.6 is 0 Å². The highest BCUT2D eigenvalue weighted by Gasteiger charge is 2.25. The second kappa shape index (κ2) is 8.18. The monoisotopic (exact) mass is 400 g/mol. The third-order valence-electron chi connectivity index (χ3n) is 5.09. The van der Waals surface area contributed by atoms with E-state index in [1.807, 2.05) is 59.1 Å². The summed E-state index contributed by atoms with van der Waals surface area (Å²) in [5.41, 5.74) is 11.4. The van der Waals surface area contributed by atoms with E-state index >= 15 is 0 Å². The predicted octanol–water partition coefficient (Wildman–Crippen LogP) is 2.93. The normalized spacial score (nSPS) is 11.9. The number of hydrogen-bond donors (Lipinski definition) is 3. The van der Waals surface area contributed by atoms with Crippen molar-refractivity contribution in [2.45, 2.75) is 12.3 Å². The quantitative estimate of drug-likeness (QED) is 0.341. The molecule has 0 aliphatic carbocycles. The van der Waals surface area contributed by atoms with Crippen LogP contribution in [0.4, 0.5) is 0 Å². The van der Waals surface area contributed by atoms with Crippen LogP contribution in [0.5, 0.6) is 0 Å². The van der Waals surface area contributed by atoms with Crippen LogP contribution in [-0.2, 0) is 11.2 Å². The molecule has 1 unspecified atom stereocenters. The van der Waals surface area contributed by atoms with E-state index in [-0.39, 0.29) is 0 Å². The Hall–Kier alpha value is -3.97. The molecular formula is C23H20N4O3. The number of fused-ring (bicyclic) bond motifs is 1. The molecule has 0 aliphatic rings. The first-order valence-corrected chi connectivity index (χ1v) is 9.42. The number of nitrogens with zero attached hydrogens (tertiary/aromatic N) is 2. The summed E-state index contributed by atoms with van der Waals surface area (Å²) in [4.78, 5) is 28.6. The fourth-order valence-corrected chi connectivity index (χ4v) is 3.61. The van der Waals surface area contributed by atoms with Crippen molar-refractivity contribution in [3.05, 3.63) is 95.9 Å². The van der Waals surface area contributed by atoms with Crippen molar-refractivity contribution in [3.8, 4) is 11.1 Å². The maximum atomic E-state index is 12.5. The van der Waals surface area contributed by atoms with Gasteiger partial charge in [-0.2, -0.15) is 0 Å². The highest BCUT2D eigenvalue weighted by atomic mass is 16.5. The number of aromatic nitrogens is 2. The van der Waals surface area contributed by atoms with Crippen molar-refractivity contribution in [2.24, 2.45) is 5.73 Å². The minimum Gasteiger partial charge on any atom is -0.366 e. The topological polar surface area (TPSA) is 110 Å². The number of primary amides is 1. The molecule has 2 heterocycles. The molecule has 0 bridgehead atoms. The zero-order valence-corrected chi connectivity index (χ0v) is 16.0. The second-order valence-corrected chi connectivity index (χ2v) is 6.96. The van der Waals surface area contributed by atoms with E-state index in [9.17, 15) is 14.8 Å². The fourth-order valence-electron chi connectivity index (χ4n) is 3.61. The fraction of sp³-hybridized carbons (Fsp3) is 0.0870. The summed E-state index contributed by atoms with van der Waals surface area (Å²) in [6.07, 6.45) is 3.86. The number of carbonyl (C=O) groups excluding carboxylic acids is 2. The third-order valence-corrected chi connectivity index (χ3v) is 5.09. The van der Waals surface area contributed by atoms with Crippen LogP contribution in [0.25, 0.3) is 16.8 Å². The lowest BCUT2D eigenvalue weighted by Gasteiger charge is -2.15. The summed E-state index contributed by atoms with van der Waals surface area (Å²) < 4.78 is 1.83. The Morgan fingerprint density at radius 2 is 1.87 bits per heavy atom. The van der Waals surface area contributed by atoms with Crippen LogP contribution in [0.3, 0.4) is 0 Å². The molecule has 2 aromatic heterocycles. The van der Waals surface area contributed by atoms with Gasteiger partial charge >= 0.3 is 0 Å². The highest BCUT2D eigenvalue weighted by molar-refractivity contribution is 5.94. The number of pyridine rings is 1. The molecule has 150 valence electrons. The van der Waals surface area contributed by atoms with Gasteiger partial charge in [-0.1, -0.05) is 42.5 Å². The molecule has 0 fully saturated rings. The van der Waals surface area contributed by atoms with Gasteiger partial charge in [-0.15, -0.1) is 0 Å². The molecule has 7 heteroatoms. The molecule has 2 amide bonds. The molecule has 7 nitrogen and oxygen atoms in total. The number of hydroxylamine groups is 1. The summed E-state index contributed by atoms with van der Waals surface area (Å²) in [7, 11) is 0. The molecule has 4 rings (SSSR count). The zero-order chi connectivity index (χ0) is 21.1. The average molecular weight is 400 g/mol. The van der Waals surface area contributed by atoms with Crippen molar-refractivity contribution in [3.63, 3.8) is 0 Å². The number of carbonyl (C=O) groups is 2.